The van der Waals surface area contributed by atoms with Crippen molar-refractivity contribution in [2.45, 2.75) is 81.6 Å². The first-order valence-electron chi connectivity index (χ1n) is 9.77. The predicted octanol–water partition coefficient (Wildman–Crippen LogP) is 5.02. The van der Waals surface area contributed by atoms with E-state index in [-0.39, 0.29) is 0 Å². The van der Waals surface area contributed by atoms with E-state index in [2.05, 4.69) is 89.8 Å². The molecular weight excluding hydrogens is 296 g/mol. The third-order valence-electron chi connectivity index (χ3n) is 2.99. The van der Waals surface area contributed by atoms with Crippen LogP contribution >= 0.6 is 0 Å². The van der Waals surface area contributed by atoms with Gasteiger partial charge >= 0.3 is 0 Å². The van der Waals surface area contributed by atoms with Crippen molar-refractivity contribution in [1.82, 2.24) is 19.6 Å². The highest BCUT2D eigenvalue weighted by molar-refractivity contribution is 4.53. The zero-order valence-electron chi connectivity index (χ0n) is 20.9. The lowest BCUT2D eigenvalue weighted by atomic mass is 10.5. The largest absolute Gasteiger partial charge is 0.294 e. The minimum atomic E-state index is 0.537. The molecule has 24 heavy (non-hydrogen) atoms. The normalized spacial score (nSPS) is 9.00. The maximum Gasteiger partial charge on any atom is 0.0583 e. The van der Waals surface area contributed by atoms with Gasteiger partial charge in [0.1, 0.15) is 0 Å². The highest BCUT2D eigenvalue weighted by atomic mass is 15.3. The fraction of sp³-hybridized carbons (Fsp3) is 1.00. The third-order valence-corrected chi connectivity index (χ3v) is 2.99. The second kappa shape index (κ2) is 34.2. The molecule has 0 bridgehead atoms. The van der Waals surface area contributed by atoms with Gasteiger partial charge in [-0.25, -0.2) is 0 Å². The number of rotatable bonds is 4. The molecule has 0 N–H and O–H groups in total. The van der Waals surface area contributed by atoms with Gasteiger partial charge < -0.3 is 0 Å². The molecule has 4 heteroatoms. The molecule has 0 atom stereocenters. The minimum absolute atomic E-state index is 0.537. The first-order valence-corrected chi connectivity index (χ1v) is 9.77. The van der Waals surface area contributed by atoms with Crippen LogP contribution in [0, 0.1) is 0 Å². The van der Waals surface area contributed by atoms with Crippen LogP contribution < -0.4 is 0 Å². The van der Waals surface area contributed by atoms with Crippen LogP contribution in [0.1, 0.15) is 69.2 Å². The van der Waals surface area contributed by atoms with Crippen LogP contribution in [0.4, 0.5) is 0 Å². The molecule has 4 nitrogen and oxygen atoms in total. The van der Waals surface area contributed by atoms with Gasteiger partial charge in [0.25, 0.3) is 0 Å². The Morgan fingerprint density at radius 3 is 0.417 bits per heavy atom. The van der Waals surface area contributed by atoms with E-state index in [0.29, 0.717) is 12.3 Å². The van der Waals surface area contributed by atoms with Crippen molar-refractivity contribution in [2.75, 3.05) is 56.4 Å². The molecule has 0 aromatic carbocycles. The maximum absolute atomic E-state index is 2.17. The Hall–Kier alpha value is -0.160. The van der Waals surface area contributed by atoms with E-state index in [9.17, 15) is 0 Å². The van der Waals surface area contributed by atoms with Crippen LogP contribution in [-0.4, -0.2) is 88.3 Å². The molecule has 0 heterocycles. The smallest absolute Gasteiger partial charge is 0.0583 e. The average Bonchev–Trinajstić information content (AvgIpc) is 2.60. The summed E-state index contributed by atoms with van der Waals surface area (Å²) in [4.78, 5) is 8.67. The van der Waals surface area contributed by atoms with Gasteiger partial charge in [-0.15, -0.1) is 0 Å². The Morgan fingerprint density at radius 1 is 0.333 bits per heavy atom. The van der Waals surface area contributed by atoms with Crippen molar-refractivity contribution in [3.8, 4) is 0 Å². The van der Waals surface area contributed by atoms with Crippen molar-refractivity contribution in [3.05, 3.63) is 0 Å². The Labute approximate surface area is 158 Å². The van der Waals surface area contributed by atoms with Crippen molar-refractivity contribution in [2.24, 2.45) is 0 Å². The first kappa shape index (κ1) is 39.1. The molecular formula is C20H56N4. The molecule has 0 amide bonds. The van der Waals surface area contributed by atoms with Crippen LogP contribution in [0.5, 0.6) is 0 Å². The summed E-state index contributed by atoms with van der Waals surface area (Å²) in [6, 6.07) is 0. The zero-order valence-corrected chi connectivity index (χ0v) is 20.9. The summed E-state index contributed by atoms with van der Waals surface area (Å²) in [5, 5.41) is 0. The van der Waals surface area contributed by atoms with E-state index in [0.717, 1.165) is 0 Å². The maximum atomic E-state index is 2.17. The molecule has 0 saturated carbocycles. The van der Waals surface area contributed by atoms with Crippen LogP contribution in [0.15, 0.2) is 0 Å². The number of hydrogen-bond donors (Lipinski definition) is 0. The fourth-order valence-electron chi connectivity index (χ4n) is 0.924. The summed E-state index contributed by atoms with van der Waals surface area (Å²) in [7, 11) is 16.6. The molecule has 0 rings (SSSR count). The molecule has 0 unspecified atom stereocenters. The molecule has 0 aromatic rings. The predicted molar refractivity (Wildman–Crippen MR) is 119 cm³/mol. The van der Waals surface area contributed by atoms with Gasteiger partial charge in [-0.05, 0) is 70.2 Å². The van der Waals surface area contributed by atoms with Crippen LogP contribution in [0.3, 0.4) is 0 Å². The van der Waals surface area contributed by atoms with Crippen LogP contribution in [0.2, 0.25) is 0 Å². The monoisotopic (exact) mass is 352 g/mol. The molecule has 0 fully saturated rings. The van der Waals surface area contributed by atoms with Gasteiger partial charge in [0.15, 0.2) is 0 Å². The van der Waals surface area contributed by atoms with Gasteiger partial charge in [-0.2, -0.15) is 0 Å². The average molecular weight is 353 g/mol. The summed E-state index contributed by atoms with van der Waals surface area (Å²) in [5.74, 6) is 0. The second-order valence-corrected chi connectivity index (χ2v) is 5.12. The molecule has 0 aliphatic carbocycles. The summed E-state index contributed by atoms with van der Waals surface area (Å²) in [6.45, 7) is 20.3. The van der Waals surface area contributed by atoms with E-state index >= 15 is 0 Å². The summed E-state index contributed by atoms with van der Waals surface area (Å²) in [6.07, 6.45) is 1.07. The second-order valence-electron chi connectivity index (χ2n) is 5.12. The Bertz CT molecular complexity index is 124. The van der Waals surface area contributed by atoms with Gasteiger partial charge in [-0.1, -0.05) is 55.4 Å². The van der Waals surface area contributed by atoms with E-state index in [1.807, 2.05) is 55.4 Å². The summed E-state index contributed by atoms with van der Waals surface area (Å²) < 4.78 is 0. The topological polar surface area (TPSA) is 13.0 Å². The Morgan fingerprint density at radius 2 is 0.417 bits per heavy atom. The quantitative estimate of drug-likeness (QED) is 0.659. The molecule has 0 radical (unpaired) electrons. The van der Waals surface area contributed by atoms with E-state index in [1.165, 1.54) is 0 Å². The van der Waals surface area contributed by atoms with Crippen molar-refractivity contribution >= 4 is 0 Å². The van der Waals surface area contributed by atoms with E-state index in [1.54, 1.807) is 0 Å². The first-order chi connectivity index (χ1) is 11.1. The molecule has 0 aliphatic heterocycles. The highest BCUT2D eigenvalue weighted by Gasteiger charge is 2.04. The van der Waals surface area contributed by atoms with Crippen molar-refractivity contribution in [1.29, 1.82) is 0 Å². The van der Waals surface area contributed by atoms with Crippen LogP contribution in [0.25, 0.3) is 0 Å². The van der Waals surface area contributed by atoms with E-state index in [4.69, 9.17) is 0 Å². The Kier molecular flexibility index (Phi) is 55.7. The van der Waals surface area contributed by atoms with Crippen molar-refractivity contribution < 1.29 is 0 Å². The SMILES string of the molecule is CC.CC.CC.CC.CC(N(C)C)N(C)C.CC(N(C)C)N(C)C. The van der Waals surface area contributed by atoms with Gasteiger partial charge in [0.05, 0.1) is 12.3 Å². The molecule has 0 spiro atoms. The lowest BCUT2D eigenvalue weighted by molar-refractivity contribution is 0.147. The van der Waals surface area contributed by atoms with E-state index < -0.39 is 0 Å². The lowest BCUT2D eigenvalue weighted by Crippen LogP contribution is -2.37. The van der Waals surface area contributed by atoms with Crippen molar-refractivity contribution in [3.63, 3.8) is 0 Å². The fourth-order valence-corrected chi connectivity index (χ4v) is 0.924. The third kappa shape index (κ3) is 37.8. The van der Waals surface area contributed by atoms with Gasteiger partial charge in [-0.3, -0.25) is 19.6 Å². The molecule has 156 valence electrons. The van der Waals surface area contributed by atoms with Gasteiger partial charge in [0.2, 0.25) is 0 Å². The summed E-state index contributed by atoms with van der Waals surface area (Å²) >= 11 is 0. The Balaban J connectivity index is -0.0000000476. The number of nitrogens with zero attached hydrogens (tertiary/aromatic N) is 4. The standard InChI is InChI=1S/2C6H16N2.4C2H6/c2*1-6(7(2)3)8(4)5;4*1-2/h2*6H,1-5H3;4*1-2H3. The van der Waals surface area contributed by atoms with Gasteiger partial charge in [0, 0.05) is 0 Å². The zero-order chi connectivity index (χ0) is 21.5. The lowest BCUT2D eigenvalue weighted by Gasteiger charge is -2.26. The summed E-state index contributed by atoms with van der Waals surface area (Å²) in [5.41, 5.74) is 0. The minimum Gasteiger partial charge on any atom is -0.294 e. The number of hydrogen-bond acceptors (Lipinski definition) is 4. The highest BCUT2D eigenvalue weighted by Crippen LogP contribution is 1.92. The molecule has 0 saturated heterocycles. The molecule has 0 aliphatic rings. The van der Waals surface area contributed by atoms with Crippen LogP contribution in [-0.2, 0) is 0 Å². The molecule has 0 aromatic heterocycles.